The molecular formula is C21H23N3O2. The number of anilines is 1. The molecule has 2 aromatic rings. The van der Waals surface area contributed by atoms with E-state index >= 15 is 0 Å². The number of hydrogen-bond donors (Lipinski definition) is 2. The van der Waals surface area contributed by atoms with Gasteiger partial charge in [-0.15, -0.1) is 0 Å². The summed E-state index contributed by atoms with van der Waals surface area (Å²) in [6, 6.07) is 8.03. The van der Waals surface area contributed by atoms with E-state index in [0.29, 0.717) is 0 Å². The number of para-hydroxylation sites is 1. The first-order valence-corrected chi connectivity index (χ1v) is 9.05. The third-order valence-corrected chi connectivity index (χ3v) is 5.02. The molecule has 2 N–H and O–H groups in total. The van der Waals surface area contributed by atoms with Crippen LogP contribution in [0, 0.1) is 0 Å². The summed E-state index contributed by atoms with van der Waals surface area (Å²) in [4.78, 5) is 14.3. The number of piperazine rings is 1. The number of rotatable bonds is 4. The van der Waals surface area contributed by atoms with Crippen molar-refractivity contribution in [2.45, 2.75) is 6.42 Å². The monoisotopic (exact) mass is 349 g/mol. The van der Waals surface area contributed by atoms with E-state index in [9.17, 15) is 9.90 Å². The van der Waals surface area contributed by atoms with Crippen LogP contribution in [0.1, 0.15) is 16.8 Å². The molecule has 4 rings (SSSR count). The highest BCUT2D eigenvalue weighted by atomic mass is 16.3. The Morgan fingerprint density at radius 1 is 1.19 bits per heavy atom. The van der Waals surface area contributed by atoms with Crippen LogP contribution in [0.25, 0.3) is 16.6 Å². The number of aldehydes is 1. The van der Waals surface area contributed by atoms with Gasteiger partial charge in [-0.1, -0.05) is 30.4 Å². The fourth-order valence-electron chi connectivity index (χ4n) is 3.77. The lowest BCUT2D eigenvalue weighted by molar-refractivity contribution is 0.112. The quantitative estimate of drug-likeness (QED) is 0.833. The number of benzene rings is 1. The molecule has 0 unspecified atom stereocenters. The zero-order chi connectivity index (χ0) is 17.9. The number of aliphatic hydroxyl groups excluding tert-OH is 1. The van der Waals surface area contributed by atoms with Crippen LogP contribution in [0.5, 0.6) is 0 Å². The van der Waals surface area contributed by atoms with Crippen molar-refractivity contribution in [3.8, 4) is 0 Å². The van der Waals surface area contributed by atoms with Gasteiger partial charge < -0.3 is 15.3 Å². The highest BCUT2D eigenvalue weighted by molar-refractivity contribution is 6.06. The Bertz CT molecular complexity index is 915. The third kappa shape index (κ3) is 2.89. The van der Waals surface area contributed by atoms with E-state index in [1.165, 1.54) is 0 Å². The second kappa shape index (κ2) is 7.32. The Morgan fingerprint density at radius 3 is 2.77 bits per heavy atom. The van der Waals surface area contributed by atoms with Gasteiger partial charge in [0.05, 0.1) is 17.7 Å². The number of aromatic nitrogens is 1. The third-order valence-electron chi connectivity index (χ3n) is 5.02. The number of nitrogens with one attached hydrogen (secondary N) is 1. The lowest BCUT2D eigenvalue weighted by Crippen LogP contribution is -2.44. The lowest BCUT2D eigenvalue weighted by atomic mass is 10.2. The van der Waals surface area contributed by atoms with E-state index in [-0.39, 0.29) is 6.61 Å². The fourth-order valence-corrected chi connectivity index (χ4v) is 3.77. The molecule has 1 aromatic carbocycles. The summed E-state index contributed by atoms with van der Waals surface area (Å²) in [6.45, 7) is 3.55. The molecule has 2 heterocycles. The molecule has 1 aliphatic heterocycles. The first-order chi connectivity index (χ1) is 12.8. The number of carbonyl (C=O) groups is 1. The molecule has 0 amide bonds. The SMILES string of the molecule is O=Cc1c(N2CCNCC2)n(C2=CC=CCC(CO)=C2)c2ccccc12. The second-order valence-corrected chi connectivity index (χ2v) is 6.63. The Hall–Kier alpha value is -2.63. The smallest absolute Gasteiger partial charge is 0.154 e. The number of allylic oxidation sites excluding steroid dienone is 5. The Kier molecular flexibility index (Phi) is 4.73. The average Bonchev–Trinajstić information content (AvgIpc) is 2.84. The molecule has 1 fully saturated rings. The largest absolute Gasteiger partial charge is 0.392 e. The Labute approximate surface area is 152 Å². The number of hydrogen-bond acceptors (Lipinski definition) is 4. The van der Waals surface area contributed by atoms with Gasteiger partial charge in [0, 0.05) is 37.3 Å². The van der Waals surface area contributed by atoms with Crippen LogP contribution in [-0.4, -0.2) is 48.7 Å². The Morgan fingerprint density at radius 2 is 2.00 bits per heavy atom. The molecule has 0 saturated carbocycles. The van der Waals surface area contributed by atoms with Crippen LogP contribution >= 0.6 is 0 Å². The van der Waals surface area contributed by atoms with Gasteiger partial charge in [-0.25, -0.2) is 0 Å². The van der Waals surface area contributed by atoms with E-state index in [0.717, 1.165) is 72.4 Å². The van der Waals surface area contributed by atoms with E-state index in [1.54, 1.807) is 0 Å². The van der Waals surface area contributed by atoms with Crippen LogP contribution in [0.2, 0.25) is 0 Å². The first kappa shape index (κ1) is 16.8. The average molecular weight is 349 g/mol. The summed E-state index contributed by atoms with van der Waals surface area (Å²) in [5.41, 5.74) is 3.68. The molecule has 2 aliphatic rings. The molecule has 134 valence electrons. The summed E-state index contributed by atoms with van der Waals surface area (Å²) in [7, 11) is 0. The van der Waals surface area contributed by atoms with E-state index in [1.807, 2.05) is 36.4 Å². The topological polar surface area (TPSA) is 57.5 Å². The molecular weight excluding hydrogens is 326 g/mol. The van der Waals surface area contributed by atoms with Crippen LogP contribution in [0.3, 0.4) is 0 Å². The van der Waals surface area contributed by atoms with Crippen LogP contribution in [0.4, 0.5) is 5.82 Å². The van der Waals surface area contributed by atoms with Gasteiger partial charge in [0.15, 0.2) is 6.29 Å². The molecule has 1 aliphatic carbocycles. The molecule has 0 atom stereocenters. The van der Waals surface area contributed by atoms with Crippen molar-refractivity contribution in [2.75, 3.05) is 37.7 Å². The van der Waals surface area contributed by atoms with Crippen molar-refractivity contribution >= 4 is 28.7 Å². The van der Waals surface area contributed by atoms with E-state index in [2.05, 4.69) is 26.9 Å². The normalized spacial score (nSPS) is 17.8. The standard InChI is InChI=1S/C21H23N3O2/c25-14-16-5-1-2-6-17(13-16)24-20-8-4-3-7-18(20)19(15-26)21(24)23-11-9-22-10-12-23/h1-4,6-8,13,15,22,25H,5,9-12,14H2. The molecule has 1 aromatic heterocycles. The summed E-state index contributed by atoms with van der Waals surface area (Å²) < 4.78 is 2.16. The van der Waals surface area contributed by atoms with Crippen molar-refractivity contribution < 1.29 is 9.90 Å². The summed E-state index contributed by atoms with van der Waals surface area (Å²) in [5, 5.41) is 14.0. The lowest BCUT2D eigenvalue weighted by Gasteiger charge is -2.31. The number of nitrogens with zero attached hydrogens (tertiary/aromatic N) is 2. The maximum absolute atomic E-state index is 12.0. The zero-order valence-corrected chi connectivity index (χ0v) is 14.7. The summed E-state index contributed by atoms with van der Waals surface area (Å²) in [5.74, 6) is 0.942. The molecule has 5 heteroatoms. The van der Waals surface area contributed by atoms with Crippen LogP contribution < -0.4 is 10.2 Å². The molecule has 0 bridgehead atoms. The maximum atomic E-state index is 12.0. The number of fused-ring (bicyclic) bond motifs is 1. The van der Waals surface area contributed by atoms with Crippen molar-refractivity contribution in [1.82, 2.24) is 9.88 Å². The van der Waals surface area contributed by atoms with E-state index < -0.39 is 0 Å². The summed E-state index contributed by atoms with van der Waals surface area (Å²) >= 11 is 0. The number of carbonyl (C=O) groups excluding carboxylic acids is 1. The molecule has 1 saturated heterocycles. The minimum Gasteiger partial charge on any atom is -0.392 e. The van der Waals surface area contributed by atoms with Gasteiger partial charge in [0.2, 0.25) is 0 Å². The van der Waals surface area contributed by atoms with Gasteiger partial charge >= 0.3 is 0 Å². The molecule has 26 heavy (non-hydrogen) atoms. The van der Waals surface area contributed by atoms with Crippen molar-refractivity contribution in [3.63, 3.8) is 0 Å². The van der Waals surface area contributed by atoms with E-state index in [4.69, 9.17) is 0 Å². The predicted molar refractivity (Wildman–Crippen MR) is 106 cm³/mol. The minimum absolute atomic E-state index is 0.0321. The maximum Gasteiger partial charge on any atom is 0.154 e. The highest BCUT2D eigenvalue weighted by Crippen LogP contribution is 2.36. The predicted octanol–water partition coefficient (Wildman–Crippen LogP) is 2.58. The minimum atomic E-state index is 0.0321. The van der Waals surface area contributed by atoms with Crippen LogP contribution in [0.15, 0.2) is 54.1 Å². The Balaban J connectivity index is 1.99. The first-order valence-electron chi connectivity index (χ1n) is 9.05. The molecule has 0 spiro atoms. The molecule has 0 radical (unpaired) electrons. The van der Waals surface area contributed by atoms with Crippen molar-refractivity contribution in [3.05, 3.63) is 59.7 Å². The van der Waals surface area contributed by atoms with Gasteiger partial charge in [-0.2, -0.15) is 0 Å². The van der Waals surface area contributed by atoms with Gasteiger partial charge in [0.25, 0.3) is 0 Å². The fraction of sp³-hybridized carbons (Fsp3) is 0.286. The van der Waals surface area contributed by atoms with Crippen molar-refractivity contribution in [2.24, 2.45) is 0 Å². The molecule has 5 nitrogen and oxygen atoms in total. The van der Waals surface area contributed by atoms with Crippen molar-refractivity contribution in [1.29, 1.82) is 0 Å². The van der Waals surface area contributed by atoms with Gasteiger partial charge in [0.1, 0.15) is 5.82 Å². The number of aliphatic hydroxyl groups is 1. The second-order valence-electron chi connectivity index (χ2n) is 6.63. The highest BCUT2D eigenvalue weighted by Gasteiger charge is 2.24. The van der Waals surface area contributed by atoms with Gasteiger partial charge in [-0.05, 0) is 30.2 Å². The van der Waals surface area contributed by atoms with Crippen LogP contribution in [-0.2, 0) is 0 Å². The zero-order valence-electron chi connectivity index (χ0n) is 14.7. The van der Waals surface area contributed by atoms with Gasteiger partial charge in [-0.3, -0.25) is 9.36 Å². The summed E-state index contributed by atoms with van der Waals surface area (Å²) in [6.07, 6.45) is 9.86.